The number of benzene rings is 2. The first kappa shape index (κ1) is 21.8. The first-order chi connectivity index (χ1) is 17.0. The SMILES string of the molecule is CC(C)C(=O)N1CC[C@]23C(=O)N(Cc4cn(nn4)CCCOc4cccc(c4)[C@H]12)c1ccccc13. The Hall–Kier alpha value is -3.68. The van der Waals surface area contributed by atoms with Gasteiger partial charge in [0, 0.05) is 31.1 Å². The molecule has 180 valence electrons. The van der Waals surface area contributed by atoms with Crippen LogP contribution < -0.4 is 9.64 Å². The number of para-hydroxylation sites is 1. The average molecular weight is 472 g/mol. The Bertz CT molecular complexity index is 1300. The van der Waals surface area contributed by atoms with Gasteiger partial charge < -0.3 is 14.5 Å². The molecule has 1 aromatic heterocycles. The van der Waals surface area contributed by atoms with Crippen LogP contribution in [0.15, 0.2) is 54.7 Å². The van der Waals surface area contributed by atoms with Gasteiger partial charge >= 0.3 is 0 Å². The van der Waals surface area contributed by atoms with E-state index in [2.05, 4.69) is 10.3 Å². The van der Waals surface area contributed by atoms with Crippen molar-refractivity contribution in [2.24, 2.45) is 5.92 Å². The Labute approximate surface area is 204 Å². The highest BCUT2D eigenvalue weighted by molar-refractivity contribution is 6.09. The molecule has 0 saturated carbocycles. The Morgan fingerprint density at radius 3 is 2.86 bits per heavy atom. The fourth-order valence-corrected chi connectivity index (χ4v) is 5.95. The van der Waals surface area contributed by atoms with Crippen molar-refractivity contribution >= 4 is 17.5 Å². The van der Waals surface area contributed by atoms with Crippen LogP contribution in [0, 0.1) is 5.92 Å². The molecule has 6 rings (SSSR count). The second-order valence-electron chi connectivity index (χ2n) is 9.97. The lowest BCUT2D eigenvalue weighted by atomic mass is 9.72. The van der Waals surface area contributed by atoms with E-state index in [-0.39, 0.29) is 17.7 Å². The summed E-state index contributed by atoms with van der Waals surface area (Å²) in [6, 6.07) is 15.5. The molecule has 2 aromatic carbocycles. The normalized spacial score (nSPS) is 23.4. The van der Waals surface area contributed by atoms with Crippen LogP contribution >= 0.6 is 0 Å². The number of hydrogen-bond donors (Lipinski definition) is 0. The predicted octanol–water partition coefficient (Wildman–Crippen LogP) is 3.47. The van der Waals surface area contributed by atoms with E-state index in [1.165, 1.54) is 0 Å². The smallest absolute Gasteiger partial charge is 0.240 e. The van der Waals surface area contributed by atoms with E-state index in [9.17, 15) is 9.59 Å². The highest BCUT2D eigenvalue weighted by Crippen LogP contribution is 2.57. The molecule has 6 bridgehead atoms. The summed E-state index contributed by atoms with van der Waals surface area (Å²) in [5.74, 6) is 0.645. The monoisotopic (exact) mass is 471 g/mol. The number of fused-ring (bicyclic) bond motifs is 8. The van der Waals surface area contributed by atoms with Gasteiger partial charge in [0.1, 0.15) is 16.9 Å². The topological polar surface area (TPSA) is 80.6 Å². The lowest BCUT2D eigenvalue weighted by molar-refractivity contribution is -0.136. The van der Waals surface area contributed by atoms with Crippen LogP contribution in [0.4, 0.5) is 5.69 Å². The summed E-state index contributed by atoms with van der Waals surface area (Å²) < 4.78 is 7.88. The molecule has 4 heterocycles. The Balaban J connectivity index is 1.56. The molecule has 0 unspecified atom stereocenters. The van der Waals surface area contributed by atoms with Gasteiger partial charge in [0.2, 0.25) is 11.8 Å². The number of anilines is 1. The summed E-state index contributed by atoms with van der Waals surface area (Å²) in [6.45, 7) is 5.92. The van der Waals surface area contributed by atoms with Crippen LogP contribution in [0.2, 0.25) is 0 Å². The Kier molecular flexibility index (Phi) is 5.12. The second kappa shape index (κ2) is 8.22. The van der Waals surface area contributed by atoms with E-state index in [1.807, 2.05) is 78.4 Å². The molecule has 2 amide bonds. The standard InChI is InChI=1S/C27H29N5O3/c1-18(2)25(33)31-13-11-27-22-9-3-4-10-23(22)32(26(27)34)17-20-16-30(29-28-20)12-6-14-35-21-8-5-7-19(15-21)24(27)31/h3-5,7-10,15-16,18,24H,6,11-14,17H2,1-2H3/t24-,27+/m0/s1. The average Bonchev–Trinajstić information content (AvgIpc) is 3.54. The number of likely N-dealkylation sites (tertiary alicyclic amines) is 1. The van der Waals surface area contributed by atoms with Crippen molar-refractivity contribution in [3.63, 3.8) is 0 Å². The Morgan fingerprint density at radius 2 is 2.00 bits per heavy atom. The predicted molar refractivity (Wildman–Crippen MR) is 130 cm³/mol. The number of carbonyl (C=O) groups excluding carboxylic acids is 2. The molecule has 8 nitrogen and oxygen atoms in total. The van der Waals surface area contributed by atoms with Gasteiger partial charge in [-0.3, -0.25) is 14.3 Å². The van der Waals surface area contributed by atoms with Gasteiger partial charge in [-0.15, -0.1) is 5.10 Å². The van der Waals surface area contributed by atoms with Gasteiger partial charge in [-0.1, -0.05) is 49.4 Å². The summed E-state index contributed by atoms with van der Waals surface area (Å²) in [5.41, 5.74) is 2.66. The number of aromatic nitrogens is 3. The molecule has 0 N–H and O–H groups in total. The van der Waals surface area contributed by atoms with Gasteiger partial charge in [0.05, 0.1) is 25.4 Å². The molecule has 8 heteroatoms. The minimum atomic E-state index is -0.865. The molecule has 3 aromatic rings. The molecule has 3 aliphatic rings. The maximum Gasteiger partial charge on any atom is 0.240 e. The zero-order valence-corrected chi connectivity index (χ0v) is 20.1. The molecule has 1 spiro atoms. The lowest BCUT2D eigenvalue weighted by Gasteiger charge is -2.36. The number of ether oxygens (including phenoxy) is 1. The number of amides is 2. The van der Waals surface area contributed by atoms with Crippen molar-refractivity contribution in [1.29, 1.82) is 0 Å². The molecule has 35 heavy (non-hydrogen) atoms. The third-order valence-corrected chi connectivity index (χ3v) is 7.49. The van der Waals surface area contributed by atoms with Crippen LogP contribution in [0.1, 0.15) is 49.6 Å². The first-order valence-electron chi connectivity index (χ1n) is 12.3. The molecule has 0 radical (unpaired) electrons. The van der Waals surface area contributed by atoms with Crippen LogP contribution in [0.25, 0.3) is 0 Å². The van der Waals surface area contributed by atoms with Gasteiger partial charge in [0.15, 0.2) is 0 Å². The van der Waals surface area contributed by atoms with Crippen LogP contribution in [-0.2, 0) is 28.1 Å². The van der Waals surface area contributed by atoms with E-state index < -0.39 is 11.5 Å². The van der Waals surface area contributed by atoms with Crippen molar-refractivity contribution in [2.45, 2.75) is 51.2 Å². The molecule has 2 atom stereocenters. The van der Waals surface area contributed by atoms with Gasteiger partial charge in [-0.2, -0.15) is 0 Å². The van der Waals surface area contributed by atoms with E-state index >= 15 is 0 Å². The first-order valence-corrected chi connectivity index (χ1v) is 12.3. The van der Waals surface area contributed by atoms with Gasteiger partial charge in [-0.25, -0.2) is 0 Å². The quantitative estimate of drug-likeness (QED) is 0.543. The fourth-order valence-electron chi connectivity index (χ4n) is 5.95. The summed E-state index contributed by atoms with van der Waals surface area (Å²) >= 11 is 0. The molecule has 1 fully saturated rings. The summed E-state index contributed by atoms with van der Waals surface area (Å²) in [6.07, 6.45) is 3.26. The van der Waals surface area contributed by atoms with Gasteiger partial charge in [0.25, 0.3) is 0 Å². The minimum Gasteiger partial charge on any atom is -0.494 e. The van der Waals surface area contributed by atoms with Crippen LogP contribution in [0.3, 0.4) is 0 Å². The van der Waals surface area contributed by atoms with Crippen molar-refractivity contribution < 1.29 is 14.3 Å². The summed E-state index contributed by atoms with van der Waals surface area (Å²) in [5, 5.41) is 8.59. The molecule has 1 saturated heterocycles. The second-order valence-corrected chi connectivity index (χ2v) is 9.97. The number of aryl methyl sites for hydroxylation is 1. The molecular formula is C27H29N5O3. The largest absolute Gasteiger partial charge is 0.494 e. The van der Waals surface area contributed by atoms with Crippen molar-refractivity contribution in [1.82, 2.24) is 19.9 Å². The molecule has 0 aliphatic carbocycles. The third-order valence-electron chi connectivity index (χ3n) is 7.49. The highest BCUT2D eigenvalue weighted by atomic mass is 16.5. The van der Waals surface area contributed by atoms with Crippen molar-refractivity contribution in [3.8, 4) is 5.75 Å². The molecular weight excluding hydrogens is 442 g/mol. The number of hydrogen-bond acceptors (Lipinski definition) is 5. The van der Waals surface area contributed by atoms with E-state index in [0.717, 1.165) is 34.7 Å². The van der Waals surface area contributed by atoms with E-state index in [0.29, 0.717) is 32.7 Å². The zero-order chi connectivity index (χ0) is 24.2. The van der Waals surface area contributed by atoms with E-state index in [4.69, 9.17) is 4.74 Å². The maximum atomic E-state index is 14.5. The Morgan fingerprint density at radius 1 is 1.14 bits per heavy atom. The van der Waals surface area contributed by atoms with Crippen LogP contribution in [-0.4, -0.2) is 44.9 Å². The van der Waals surface area contributed by atoms with Gasteiger partial charge in [-0.05, 0) is 35.7 Å². The maximum absolute atomic E-state index is 14.5. The van der Waals surface area contributed by atoms with Crippen molar-refractivity contribution in [2.75, 3.05) is 18.1 Å². The summed E-state index contributed by atoms with van der Waals surface area (Å²) in [7, 11) is 0. The lowest BCUT2D eigenvalue weighted by Crippen LogP contribution is -2.46. The van der Waals surface area contributed by atoms with Crippen LogP contribution in [0.5, 0.6) is 5.75 Å². The number of rotatable bonds is 1. The number of carbonyl (C=O) groups is 2. The summed E-state index contributed by atoms with van der Waals surface area (Å²) in [4.78, 5) is 31.6. The zero-order valence-electron chi connectivity index (χ0n) is 20.1. The minimum absolute atomic E-state index is 0.0125. The number of nitrogens with zero attached hydrogens (tertiary/aromatic N) is 5. The van der Waals surface area contributed by atoms with Crippen molar-refractivity contribution in [3.05, 3.63) is 71.5 Å². The van der Waals surface area contributed by atoms with E-state index in [1.54, 1.807) is 4.68 Å². The third kappa shape index (κ3) is 3.34. The fraction of sp³-hybridized carbons (Fsp3) is 0.407. The molecule has 3 aliphatic heterocycles. The highest BCUT2D eigenvalue weighted by Gasteiger charge is 2.61.